The number of sulfonamides is 1. The Morgan fingerprint density at radius 3 is 2.06 bits per heavy atom. The van der Waals surface area contributed by atoms with Crippen molar-refractivity contribution in [3.63, 3.8) is 0 Å². The highest BCUT2D eigenvalue weighted by Crippen LogP contribution is 2.46. The zero-order valence-corrected chi connectivity index (χ0v) is 20.8. The Bertz CT molecular complexity index is 1240. The summed E-state index contributed by atoms with van der Waals surface area (Å²) in [5.41, 5.74) is -0.324. The van der Waals surface area contributed by atoms with E-state index >= 15 is 0 Å². The molecule has 4 nitrogen and oxygen atoms in total. The van der Waals surface area contributed by atoms with E-state index in [0.29, 0.717) is 11.1 Å². The molecule has 1 heterocycles. The van der Waals surface area contributed by atoms with Crippen LogP contribution in [0.25, 0.3) is 11.1 Å². The second-order valence-corrected chi connectivity index (χ2v) is 12.4. The molecule has 1 aliphatic carbocycles. The maximum Gasteiger partial charge on any atom is 0.419 e. The van der Waals surface area contributed by atoms with Gasteiger partial charge in [0.15, 0.2) is 0 Å². The van der Waals surface area contributed by atoms with E-state index in [4.69, 9.17) is 0 Å². The second kappa shape index (κ2) is 8.91. The summed E-state index contributed by atoms with van der Waals surface area (Å²) in [4.78, 5) is 12.8. The predicted octanol–water partition coefficient (Wildman–Crippen LogP) is 6.96. The third-order valence-electron chi connectivity index (χ3n) is 6.89. The van der Waals surface area contributed by atoms with E-state index in [9.17, 15) is 30.8 Å². The first-order valence-electron chi connectivity index (χ1n) is 11.8. The summed E-state index contributed by atoms with van der Waals surface area (Å²) in [7, 11) is -3.97. The molecule has 0 aromatic heterocycles. The average Bonchev–Trinajstić information content (AvgIpc) is 3.01. The number of benzene rings is 2. The first-order chi connectivity index (χ1) is 16.2. The highest BCUT2D eigenvalue weighted by atomic mass is 32.2. The molecule has 1 amide bonds. The Balaban J connectivity index is 1.84. The predicted molar refractivity (Wildman–Crippen MR) is 126 cm³/mol. The first-order valence-corrected chi connectivity index (χ1v) is 13.3. The molecule has 0 radical (unpaired) electrons. The summed E-state index contributed by atoms with van der Waals surface area (Å²) < 4.78 is 81.6. The number of alkyl halides is 3. The van der Waals surface area contributed by atoms with E-state index in [0.717, 1.165) is 54.1 Å². The van der Waals surface area contributed by atoms with Crippen LogP contribution < -0.4 is 0 Å². The molecule has 2 fully saturated rings. The largest absolute Gasteiger partial charge is 0.419 e. The van der Waals surface area contributed by atoms with Crippen molar-refractivity contribution in [1.82, 2.24) is 4.31 Å². The Morgan fingerprint density at radius 1 is 0.886 bits per heavy atom. The van der Waals surface area contributed by atoms with Gasteiger partial charge in [0, 0.05) is 0 Å². The lowest BCUT2D eigenvalue weighted by Gasteiger charge is -2.31. The van der Waals surface area contributed by atoms with Crippen molar-refractivity contribution < 1.29 is 30.8 Å². The number of carbonyl (C=O) groups excluding carboxylic acids is 1. The fourth-order valence-electron chi connectivity index (χ4n) is 5.38. The summed E-state index contributed by atoms with van der Waals surface area (Å²) >= 11 is 0. The van der Waals surface area contributed by atoms with Crippen LogP contribution in [0.1, 0.15) is 87.2 Å². The van der Waals surface area contributed by atoms with Crippen molar-refractivity contribution in [2.75, 3.05) is 0 Å². The standard InChI is InChI=1S/C26H29F4NO3S/c1-25(2,3)31-24(32)15-23(35(31,33)34)19-11-9-17(13-20(19)16-7-5-4-6-8-16)18-10-12-22(27)21(14-18)26(28,29)30/h9-14,16,23H,4-8,15H2,1-3H3/t23-/m0/s1. The van der Waals surface area contributed by atoms with E-state index in [1.807, 2.05) is 0 Å². The number of hydrogen-bond donors (Lipinski definition) is 0. The van der Waals surface area contributed by atoms with Crippen molar-refractivity contribution in [3.05, 3.63) is 58.9 Å². The fourth-order valence-corrected chi connectivity index (χ4v) is 7.64. The molecule has 2 aromatic rings. The molecule has 190 valence electrons. The number of rotatable bonds is 3. The van der Waals surface area contributed by atoms with E-state index in [1.165, 1.54) is 6.07 Å². The molecular formula is C26H29F4NO3S. The maximum absolute atomic E-state index is 13.9. The third kappa shape index (κ3) is 4.84. The van der Waals surface area contributed by atoms with Gasteiger partial charge < -0.3 is 0 Å². The highest BCUT2D eigenvalue weighted by Gasteiger charge is 2.50. The first kappa shape index (κ1) is 25.7. The average molecular weight is 512 g/mol. The highest BCUT2D eigenvalue weighted by molar-refractivity contribution is 7.90. The Kier molecular flexibility index (Phi) is 6.53. The zero-order chi connectivity index (χ0) is 25.8. The second-order valence-electron chi connectivity index (χ2n) is 10.4. The van der Waals surface area contributed by atoms with Crippen LogP contribution in [0, 0.1) is 5.82 Å². The Labute approximate surface area is 203 Å². The number of amides is 1. The summed E-state index contributed by atoms with van der Waals surface area (Å²) in [6, 6.07) is 7.80. The number of nitrogens with zero attached hydrogens (tertiary/aromatic N) is 1. The van der Waals surface area contributed by atoms with Gasteiger partial charge in [-0.15, -0.1) is 0 Å². The fraction of sp³-hybridized carbons (Fsp3) is 0.500. The summed E-state index contributed by atoms with van der Waals surface area (Å²) in [6.45, 7) is 5.01. The van der Waals surface area contributed by atoms with Crippen LogP contribution in [0.2, 0.25) is 0 Å². The molecule has 1 saturated carbocycles. The number of carbonyl (C=O) groups is 1. The molecule has 1 saturated heterocycles. The maximum atomic E-state index is 13.9. The lowest BCUT2D eigenvalue weighted by Crippen LogP contribution is -2.45. The third-order valence-corrected chi connectivity index (χ3v) is 9.29. The van der Waals surface area contributed by atoms with Crippen molar-refractivity contribution in [2.24, 2.45) is 0 Å². The van der Waals surface area contributed by atoms with Crippen LogP contribution in [-0.4, -0.2) is 24.2 Å². The smallest absolute Gasteiger partial charge is 0.274 e. The minimum Gasteiger partial charge on any atom is -0.274 e. The van der Waals surface area contributed by atoms with Gasteiger partial charge in [-0.2, -0.15) is 13.2 Å². The van der Waals surface area contributed by atoms with Crippen LogP contribution in [0.5, 0.6) is 0 Å². The number of hydrogen-bond acceptors (Lipinski definition) is 3. The number of halogens is 4. The zero-order valence-electron chi connectivity index (χ0n) is 20.0. The van der Waals surface area contributed by atoms with Gasteiger partial charge in [0.2, 0.25) is 15.9 Å². The van der Waals surface area contributed by atoms with Gasteiger partial charge in [0.1, 0.15) is 11.1 Å². The van der Waals surface area contributed by atoms with Crippen LogP contribution >= 0.6 is 0 Å². The van der Waals surface area contributed by atoms with Gasteiger partial charge in [-0.25, -0.2) is 17.1 Å². The van der Waals surface area contributed by atoms with Gasteiger partial charge in [0.05, 0.1) is 17.5 Å². The molecule has 1 atom stereocenters. The van der Waals surface area contributed by atoms with Crippen molar-refractivity contribution in [2.45, 2.75) is 82.2 Å². The molecule has 2 aromatic carbocycles. The molecule has 0 N–H and O–H groups in total. The van der Waals surface area contributed by atoms with Crippen molar-refractivity contribution in [1.29, 1.82) is 0 Å². The molecule has 0 unspecified atom stereocenters. The Hall–Kier alpha value is -2.42. The van der Waals surface area contributed by atoms with Gasteiger partial charge in [-0.05, 0) is 73.9 Å². The van der Waals surface area contributed by atoms with E-state index in [1.54, 1.807) is 39.0 Å². The van der Waals surface area contributed by atoms with Crippen LogP contribution in [0.3, 0.4) is 0 Å². The minimum absolute atomic E-state index is 0.0372. The van der Waals surface area contributed by atoms with Crippen LogP contribution in [-0.2, 0) is 21.0 Å². The monoisotopic (exact) mass is 511 g/mol. The van der Waals surface area contributed by atoms with Gasteiger partial charge >= 0.3 is 6.18 Å². The summed E-state index contributed by atoms with van der Waals surface area (Å²) in [6.07, 6.45) is -0.347. The van der Waals surface area contributed by atoms with Gasteiger partial charge in [-0.3, -0.25) is 4.79 Å². The molecule has 0 bridgehead atoms. The molecule has 4 rings (SSSR count). The molecule has 2 aliphatic rings. The van der Waals surface area contributed by atoms with E-state index in [-0.39, 0.29) is 17.9 Å². The lowest BCUT2D eigenvalue weighted by atomic mass is 9.80. The lowest BCUT2D eigenvalue weighted by molar-refractivity contribution is -0.140. The van der Waals surface area contributed by atoms with E-state index < -0.39 is 44.3 Å². The van der Waals surface area contributed by atoms with Gasteiger partial charge in [-0.1, -0.05) is 43.5 Å². The van der Waals surface area contributed by atoms with Crippen molar-refractivity contribution >= 4 is 15.9 Å². The normalized spacial score (nSPS) is 21.5. The Morgan fingerprint density at radius 2 is 1.49 bits per heavy atom. The minimum atomic E-state index is -4.83. The molecule has 1 aliphatic heterocycles. The van der Waals surface area contributed by atoms with Crippen molar-refractivity contribution in [3.8, 4) is 11.1 Å². The van der Waals surface area contributed by atoms with Crippen LogP contribution in [0.4, 0.5) is 17.6 Å². The quantitative estimate of drug-likeness (QED) is 0.419. The topological polar surface area (TPSA) is 54.5 Å². The summed E-state index contributed by atoms with van der Waals surface area (Å²) in [5.74, 6) is -1.77. The molecule has 0 spiro atoms. The molecular weight excluding hydrogens is 482 g/mol. The van der Waals surface area contributed by atoms with Crippen LogP contribution in [0.15, 0.2) is 36.4 Å². The van der Waals surface area contributed by atoms with E-state index in [2.05, 4.69) is 0 Å². The SMILES string of the molecule is CC(C)(C)N1C(=O)C[C@@H](c2ccc(-c3ccc(F)c(C(F)(F)F)c3)cc2C2CCCCC2)S1(=O)=O. The van der Waals surface area contributed by atoms with Gasteiger partial charge in [0.25, 0.3) is 0 Å². The molecule has 9 heteroatoms. The summed E-state index contributed by atoms with van der Waals surface area (Å²) in [5, 5.41) is -1.04. The molecule has 35 heavy (non-hydrogen) atoms.